The van der Waals surface area contributed by atoms with Gasteiger partial charge in [0.15, 0.2) is 5.78 Å². The summed E-state index contributed by atoms with van der Waals surface area (Å²) in [6.07, 6.45) is 0. The normalized spacial score (nSPS) is 10.1. The third-order valence-corrected chi connectivity index (χ3v) is 4.21. The van der Waals surface area contributed by atoms with E-state index in [1.807, 2.05) is 42.5 Å². The van der Waals surface area contributed by atoms with E-state index in [0.29, 0.717) is 16.7 Å². The van der Waals surface area contributed by atoms with E-state index in [1.165, 1.54) is 11.8 Å². The highest BCUT2D eigenvalue weighted by atomic mass is 79.9. The molecule has 2 aromatic carbocycles. The minimum absolute atomic E-state index is 0. The van der Waals surface area contributed by atoms with Gasteiger partial charge < -0.3 is 4.42 Å². The van der Waals surface area contributed by atoms with E-state index >= 15 is 0 Å². The highest BCUT2D eigenvalue weighted by molar-refractivity contribution is 9.10. The maximum absolute atomic E-state index is 12.0. The van der Waals surface area contributed by atoms with Gasteiger partial charge in [0, 0.05) is 15.6 Å². The second-order valence-electron chi connectivity index (χ2n) is 4.46. The smallest absolute Gasteiger partial charge is 0.277 e. The summed E-state index contributed by atoms with van der Waals surface area (Å²) in [4.78, 5) is 12.0. The molecule has 0 aliphatic rings. The molecular formula is C16H12Br2N2O2S. The number of benzene rings is 2. The first-order chi connectivity index (χ1) is 10.7. The van der Waals surface area contributed by atoms with Gasteiger partial charge in [-0.1, -0.05) is 64.1 Å². The summed E-state index contributed by atoms with van der Waals surface area (Å²) < 4.78 is 6.52. The molecule has 0 aliphatic heterocycles. The van der Waals surface area contributed by atoms with Crippen molar-refractivity contribution in [3.05, 3.63) is 64.6 Å². The first-order valence-electron chi connectivity index (χ1n) is 6.53. The number of aromatic nitrogens is 2. The lowest BCUT2D eigenvalue weighted by Gasteiger charge is -1.98. The summed E-state index contributed by atoms with van der Waals surface area (Å²) in [6.45, 7) is 0. The molecule has 3 aromatic rings. The first kappa shape index (κ1) is 17.9. The van der Waals surface area contributed by atoms with Crippen molar-refractivity contribution in [3.8, 4) is 11.5 Å². The minimum Gasteiger partial charge on any atom is -0.411 e. The molecule has 0 spiro atoms. The third kappa shape index (κ3) is 4.76. The monoisotopic (exact) mass is 454 g/mol. The van der Waals surface area contributed by atoms with Crippen LogP contribution in [0.3, 0.4) is 0 Å². The molecule has 118 valence electrons. The van der Waals surface area contributed by atoms with Crippen molar-refractivity contribution in [2.24, 2.45) is 0 Å². The molecule has 0 bridgehead atoms. The fourth-order valence-electron chi connectivity index (χ4n) is 1.84. The molecule has 7 heteroatoms. The second-order valence-corrected chi connectivity index (χ2v) is 6.30. The number of thioether (sulfide) groups is 1. The van der Waals surface area contributed by atoms with Gasteiger partial charge in [0.05, 0.1) is 5.75 Å². The Hall–Kier alpha value is -1.44. The largest absolute Gasteiger partial charge is 0.411 e. The summed E-state index contributed by atoms with van der Waals surface area (Å²) in [5, 5.41) is 8.36. The van der Waals surface area contributed by atoms with Crippen LogP contribution in [-0.4, -0.2) is 21.7 Å². The molecule has 3 rings (SSSR count). The Labute approximate surface area is 156 Å². The summed E-state index contributed by atoms with van der Waals surface area (Å²) >= 11 is 4.64. The number of rotatable bonds is 5. The van der Waals surface area contributed by atoms with Crippen LogP contribution >= 0.6 is 44.7 Å². The van der Waals surface area contributed by atoms with Crippen LogP contribution in [-0.2, 0) is 0 Å². The molecule has 23 heavy (non-hydrogen) atoms. The summed E-state index contributed by atoms with van der Waals surface area (Å²) in [6, 6.07) is 16.8. The van der Waals surface area contributed by atoms with E-state index in [-0.39, 0.29) is 28.5 Å². The van der Waals surface area contributed by atoms with E-state index in [1.54, 1.807) is 12.1 Å². The molecule has 0 saturated heterocycles. The van der Waals surface area contributed by atoms with Gasteiger partial charge in [-0.25, -0.2) is 0 Å². The Morgan fingerprint density at radius 3 is 2.61 bits per heavy atom. The molecule has 0 N–H and O–H groups in total. The molecule has 0 aliphatic carbocycles. The van der Waals surface area contributed by atoms with Gasteiger partial charge >= 0.3 is 0 Å². The Bertz CT molecular complexity index is 794. The molecule has 4 nitrogen and oxygen atoms in total. The van der Waals surface area contributed by atoms with Gasteiger partial charge in [0.1, 0.15) is 0 Å². The van der Waals surface area contributed by atoms with Crippen molar-refractivity contribution in [2.45, 2.75) is 5.22 Å². The van der Waals surface area contributed by atoms with E-state index in [2.05, 4.69) is 26.1 Å². The van der Waals surface area contributed by atoms with Gasteiger partial charge in [-0.05, 0) is 18.2 Å². The lowest BCUT2D eigenvalue weighted by atomic mass is 10.2. The Morgan fingerprint density at radius 2 is 1.87 bits per heavy atom. The maximum atomic E-state index is 12.0. The zero-order chi connectivity index (χ0) is 15.4. The summed E-state index contributed by atoms with van der Waals surface area (Å²) in [5.74, 6) is 0.744. The van der Waals surface area contributed by atoms with Crippen LogP contribution < -0.4 is 0 Å². The molecule has 0 radical (unpaired) electrons. The zero-order valence-corrected chi connectivity index (χ0v) is 15.9. The summed E-state index contributed by atoms with van der Waals surface area (Å²) in [7, 11) is 0. The number of nitrogens with zero attached hydrogens (tertiary/aromatic N) is 2. The van der Waals surface area contributed by atoms with Crippen LogP contribution in [0, 0.1) is 0 Å². The number of ketones is 1. The van der Waals surface area contributed by atoms with Crippen LogP contribution in [0.4, 0.5) is 0 Å². The van der Waals surface area contributed by atoms with Crippen molar-refractivity contribution < 1.29 is 9.21 Å². The number of hydrogen-bond acceptors (Lipinski definition) is 5. The number of halogens is 2. The highest BCUT2D eigenvalue weighted by Crippen LogP contribution is 2.25. The predicted molar refractivity (Wildman–Crippen MR) is 99.3 cm³/mol. The van der Waals surface area contributed by atoms with Crippen molar-refractivity contribution in [1.82, 2.24) is 10.2 Å². The van der Waals surface area contributed by atoms with E-state index in [4.69, 9.17) is 4.42 Å². The zero-order valence-electron chi connectivity index (χ0n) is 11.8. The number of Topliss-reactive ketones (excluding diaryl/α,β-unsaturated/α-hetero) is 1. The first-order valence-corrected chi connectivity index (χ1v) is 8.31. The molecule has 1 heterocycles. The standard InChI is InChI=1S/C16H11BrN2O2S.BrH/c17-13-8-4-7-12(9-13)15-18-19-16(21-15)22-10-14(20)11-5-2-1-3-6-11;/h1-9H,10H2;1H. The average Bonchev–Trinajstić information content (AvgIpc) is 3.02. The lowest BCUT2D eigenvalue weighted by molar-refractivity contribution is 0.102. The van der Waals surface area contributed by atoms with Crippen LogP contribution in [0.25, 0.3) is 11.5 Å². The fraction of sp³-hybridized carbons (Fsp3) is 0.0625. The van der Waals surface area contributed by atoms with Crippen LogP contribution in [0.1, 0.15) is 10.4 Å². The Balaban J connectivity index is 0.00000192. The van der Waals surface area contributed by atoms with Crippen molar-refractivity contribution in [1.29, 1.82) is 0 Å². The van der Waals surface area contributed by atoms with Gasteiger partial charge in [0.2, 0.25) is 5.89 Å². The van der Waals surface area contributed by atoms with Crippen LogP contribution in [0.2, 0.25) is 0 Å². The van der Waals surface area contributed by atoms with Gasteiger partial charge in [-0.15, -0.1) is 27.2 Å². The van der Waals surface area contributed by atoms with Gasteiger partial charge in [-0.2, -0.15) is 0 Å². The minimum atomic E-state index is 0. The molecule has 0 atom stereocenters. The third-order valence-electron chi connectivity index (χ3n) is 2.90. The summed E-state index contributed by atoms with van der Waals surface area (Å²) in [5.41, 5.74) is 1.52. The lowest BCUT2D eigenvalue weighted by Crippen LogP contribution is -2.01. The van der Waals surface area contributed by atoms with Crippen molar-refractivity contribution in [3.63, 3.8) is 0 Å². The predicted octanol–water partition coefficient (Wildman–Crippen LogP) is 5.05. The van der Waals surface area contributed by atoms with Gasteiger partial charge in [-0.3, -0.25) is 4.79 Å². The fourth-order valence-corrected chi connectivity index (χ4v) is 2.90. The van der Waals surface area contributed by atoms with E-state index in [9.17, 15) is 4.79 Å². The van der Waals surface area contributed by atoms with Crippen molar-refractivity contribution >= 4 is 50.5 Å². The Morgan fingerprint density at radius 1 is 1.09 bits per heavy atom. The number of carbonyl (C=O) groups excluding carboxylic acids is 1. The molecule has 0 fully saturated rings. The Kier molecular flexibility index (Phi) is 6.56. The number of hydrogen-bond donors (Lipinski definition) is 0. The van der Waals surface area contributed by atoms with E-state index in [0.717, 1.165) is 10.0 Å². The molecule has 1 aromatic heterocycles. The second kappa shape index (κ2) is 8.42. The molecule has 0 amide bonds. The topological polar surface area (TPSA) is 56.0 Å². The van der Waals surface area contributed by atoms with Gasteiger partial charge in [0.25, 0.3) is 5.22 Å². The maximum Gasteiger partial charge on any atom is 0.277 e. The van der Waals surface area contributed by atoms with Crippen molar-refractivity contribution in [2.75, 3.05) is 5.75 Å². The molecule has 0 unspecified atom stereocenters. The van der Waals surface area contributed by atoms with E-state index < -0.39 is 0 Å². The van der Waals surface area contributed by atoms with Crippen LogP contribution in [0.5, 0.6) is 0 Å². The number of carbonyl (C=O) groups is 1. The SMILES string of the molecule is Br.O=C(CSc1nnc(-c2cccc(Br)c2)o1)c1ccccc1. The highest BCUT2D eigenvalue weighted by Gasteiger charge is 2.12. The average molecular weight is 456 g/mol. The van der Waals surface area contributed by atoms with Crippen LogP contribution in [0.15, 0.2) is 68.7 Å². The molecular weight excluding hydrogens is 444 g/mol. The molecule has 0 saturated carbocycles. The quantitative estimate of drug-likeness (QED) is 0.397.